The van der Waals surface area contributed by atoms with Crippen molar-refractivity contribution in [2.45, 2.75) is 17.9 Å². The highest BCUT2D eigenvalue weighted by Gasteiger charge is 2.13. The maximum absolute atomic E-state index is 12.9. The van der Waals surface area contributed by atoms with E-state index in [1.807, 2.05) is 0 Å². The molecular formula is C21H19FN2O3S. The van der Waals surface area contributed by atoms with E-state index in [1.54, 1.807) is 54.8 Å². The molecule has 2 amide bonds. The Morgan fingerprint density at radius 2 is 1.79 bits per heavy atom. The van der Waals surface area contributed by atoms with Crippen LogP contribution in [0.1, 0.15) is 22.5 Å². The molecule has 7 heteroatoms. The van der Waals surface area contributed by atoms with Gasteiger partial charge in [0.1, 0.15) is 11.6 Å². The number of rotatable bonds is 8. The van der Waals surface area contributed by atoms with Crippen LogP contribution >= 0.6 is 11.8 Å². The van der Waals surface area contributed by atoms with E-state index in [0.717, 1.165) is 4.90 Å². The fourth-order valence-corrected chi connectivity index (χ4v) is 3.32. The second kappa shape index (κ2) is 9.75. The Kier molecular flexibility index (Phi) is 6.86. The Hall–Kier alpha value is -3.06. The molecule has 2 N–H and O–H groups in total. The average molecular weight is 398 g/mol. The molecule has 0 unspecified atom stereocenters. The lowest BCUT2D eigenvalue weighted by Gasteiger charge is -2.11. The first kappa shape index (κ1) is 19.7. The molecule has 1 heterocycles. The average Bonchev–Trinajstić information content (AvgIpc) is 3.22. The van der Waals surface area contributed by atoms with Crippen LogP contribution in [0.4, 0.5) is 10.1 Å². The Balaban J connectivity index is 1.52. The number of halogens is 1. The van der Waals surface area contributed by atoms with Gasteiger partial charge in [0.25, 0.3) is 5.91 Å². The zero-order chi connectivity index (χ0) is 19.8. The molecule has 1 aromatic heterocycles. The zero-order valence-electron chi connectivity index (χ0n) is 15.0. The summed E-state index contributed by atoms with van der Waals surface area (Å²) in [6, 6.07) is 16.5. The topological polar surface area (TPSA) is 71.3 Å². The van der Waals surface area contributed by atoms with Gasteiger partial charge >= 0.3 is 0 Å². The van der Waals surface area contributed by atoms with Gasteiger partial charge in [-0.15, -0.1) is 11.8 Å². The van der Waals surface area contributed by atoms with Crippen LogP contribution in [0, 0.1) is 5.82 Å². The van der Waals surface area contributed by atoms with E-state index >= 15 is 0 Å². The number of carbonyl (C=O) groups is 2. The maximum atomic E-state index is 12.9. The summed E-state index contributed by atoms with van der Waals surface area (Å²) >= 11 is 1.47. The van der Waals surface area contributed by atoms with Crippen molar-refractivity contribution in [3.05, 3.63) is 84.1 Å². The summed E-state index contributed by atoms with van der Waals surface area (Å²) in [4.78, 5) is 25.6. The van der Waals surface area contributed by atoms with Crippen LogP contribution in [0.3, 0.4) is 0 Å². The highest BCUT2D eigenvalue weighted by Crippen LogP contribution is 2.20. The van der Waals surface area contributed by atoms with Crippen molar-refractivity contribution >= 4 is 29.3 Å². The maximum Gasteiger partial charge on any atom is 0.253 e. The third-order valence-electron chi connectivity index (χ3n) is 3.86. The van der Waals surface area contributed by atoms with E-state index in [2.05, 4.69) is 10.6 Å². The minimum atomic E-state index is -0.298. The molecule has 0 aliphatic carbocycles. The summed E-state index contributed by atoms with van der Waals surface area (Å²) in [7, 11) is 0. The molecule has 0 radical (unpaired) electrons. The molecule has 2 aromatic carbocycles. The Bertz CT molecular complexity index is 927. The van der Waals surface area contributed by atoms with Gasteiger partial charge in [-0.25, -0.2) is 4.39 Å². The van der Waals surface area contributed by atoms with E-state index in [4.69, 9.17) is 4.42 Å². The number of hydrogen-bond donors (Lipinski definition) is 2. The van der Waals surface area contributed by atoms with E-state index in [1.165, 1.54) is 23.9 Å². The Morgan fingerprint density at radius 3 is 2.54 bits per heavy atom. The van der Waals surface area contributed by atoms with E-state index in [9.17, 15) is 14.0 Å². The molecule has 3 aromatic rings. The van der Waals surface area contributed by atoms with Gasteiger partial charge < -0.3 is 15.1 Å². The number of benzene rings is 2. The molecule has 0 aliphatic rings. The predicted molar refractivity (Wildman–Crippen MR) is 107 cm³/mol. The van der Waals surface area contributed by atoms with Crippen LogP contribution in [-0.4, -0.2) is 17.6 Å². The summed E-state index contributed by atoms with van der Waals surface area (Å²) in [5.41, 5.74) is 0.838. The van der Waals surface area contributed by atoms with Gasteiger partial charge in [-0.3, -0.25) is 9.59 Å². The van der Waals surface area contributed by atoms with Crippen molar-refractivity contribution in [3.8, 4) is 0 Å². The normalized spacial score (nSPS) is 10.5. The Labute approximate surface area is 166 Å². The number of thioether (sulfide) groups is 1. The molecule has 3 rings (SSSR count). The zero-order valence-corrected chi connectivity index (χ0v) is 15.8. The van der Waals surface area contributed by atoms with Gasteiger partial charge in [-0.05, 0) is 48.5 Å². The Morgan fingerprint density at radius 1 is 1.00 bits per heavy atom. The predicted octanol–water partition coefficient (Wildman–Crippen LogP) is 4.47. The summed E-state index contributed by atoms with van der Waals surface area (Å²) in [5, 5.41) is 5.55. The number of para-hydroxylation sites is 1. The van der Waals surface area contributed by atoms with Gasteiger partial charge in [0.2, 0.25) is 5.91 Å². The van der Waals surface area contributed by atoms with Crippen LogP contribution in [-0.2, 0) is 11.3 Å². The highest BCUT2D eigenvalue weighted by molar-refractivity contribution is 7.99. The van der Waals surface area contributed by atoms with Crippen molar-refractivity contribution in [3.63, 3.8) is 0 Å². The first-order valence-corrected chi connectivity index (χ1v) is 9.68. The first-order valence-electron chi connectivity index (χ1n) is 8.69. The lowest BCUT2D eigenvalue weighted by atomic mass is 10.1. The van der Waals surface area contributed by atoms with Crippen LogP contribution in [0.5, 0.6) is 0 Å². The van der Waals surface area contributed by atoms with Crippen LogP contribution in [0.15, 0.2) is 76.2 Å². The minimum absolute atomic E-state index is 0.194. The molecule has 28 heavy (non-hydrogen) atoms. The first-order chi connectivity index (χ1) is 13.6. The van der Waals surface area contributed by atoms with Gasteiger partial charge in [0.15, 0.2) is 0 Å². The lowest BCUT2D eigenvalue weighted by Crippen LogP contribution is -2.24. The van der Waals surface area contributed by atoms with Gasteiger partial charge in [-0.1, -0.05) is 12.1 Å². The molecule has 5 nitrogen and oxygen atoms in total. The highest BCUT2D eigenvalue weighted by atomic mass is 32.2. The van der Waals surface area contributed by atoms with Gasteiger partial charge in [0.05, 0.1) is 24.1 Å². The van der Waals surface area contributed by atoms with Crippen LogP contribution in [0.25, 0.3) is 0 Å². The molecule has 0 aliphatic heterocycles. The summed E-state index contributed by atoms with van der Waals surface area (Å²) in [5.74, 6) is 0.412. The van der Waals surface area contributed by atoms with Crippen molar-refractivity contribution < 1.29 is 18.4 Å². The quantitative estimate of drug-likeness (QED) is 0.549. The smallest absolute Gasteiger partial charge is 0.253 e. The second-order valence-electron chi connectivity index (χ2n) is 5.91. The molecule has 0 atom stereocenters. The molecule has 0 fully saturated rings. The number of nitrogens with one attached hydrogen (secondary N) is 2. The summed E-state index contributed by atoms with van der Waals surface area (Å²) in [6.45, 7) is 0.266. The third kappa shape index (κ3) is 5.72. The number of furan rings is 1. The molecule has 0 bridgehead atoms. The molecule has 0 saturated heterocycles. The number of anilines is 1. The molecule has 0 saturated carbocycles. The van der Waals surface area contributed by atoms with Crippen LogP contribution < -0.4 is 10.6 Å². The van der Waals surface area contributed by atoms with E-state index in [0.29, 0.717) is 22.8 Å². The standard InChI is InChI=1S/C21H19FN2O3S/c22-15-7-9-17(10-8-15)28-13-11-20(25)24-19-6-2-1-5-18(19)21(26)23-14-16-4-3-12-27-16/h1-10,12H,11,13-14H2,(H,23,26)(H,24,25). The van der Waals surface area contributed by atoms with E-state index in [-0.39, 0.29) is 30.6 Å². The van der Waals surface area contributed by atoms with Crippen molar-refractivity contribution in [2.75, 3.05) is 11.1 Å². The molecule has 0 spiro atoms. The van der Waals surface area contributed by atoms with Crippen molar-refractivity contribution in [2.24, 2.45) is 0 Å². The van der Waals surface area contributed by atoms with Crippen molar-refractivity contribution in [1.82, 2.24) is 5.32 Å². The second-order valence-corrected chi connectivity index (χ2v) is 7.08. The summed E-state index contributed by atoms with van der Waals surface area (Å²) < 4.78 is 18.1. The number of amides is 2. The molecular weight excluding hydrogens is 379 g/mol. The fraction of sp³-hybridized carbons (Fsp3) is 0.143. The van der Waals surface area contributed by atoms with Gasteiger partial charge in [-0.2, -0.15) is 0 Å². The largest absolute Gasteiger partial charge is 0.467 e. The SMILES string of the molecule is O=C(CCSc1ccc(F)cc1)Nc1ccccc1C(=O)NCc1ccco1. The fourth-order valence-electron chi connectivity index (χ4n) is 2.47. The number of hydrogen-bond acceptors (Lipinski definition) is 4. The van der Waals surface area contributed by atoms with Crippen molar-refractivity contribution in [1.29, 1.82) is 0 Å². The monoisotopic (exact) mass is 398 g/mol. The number of carbonyl (C=O) groups excluding carboxylic acids is 2. The lowest BCUT2D eigenvalue weighted by molar-refractivity contribution is -0.115. The van der Waals surface area contributed by atoms with Gasteiger partial charge in [0, 0.05) is 17.1 Å². The third-order valence-corrected chi connectivity index (χ3v) is 4.87. The minimum Gasteiger partial charge on any atom is -0.467 e. The summed E-state index contributed by atoms with van der Waals surface area (Å²) in [6.07, 6.45) is 1.81. The van der Waals surface area contributed by atoms with Crippen LogP contribution in [0.2, 0.25) is 0 Å². The van der Waals surface area contributed by atoms with E-state index < -0.39 is 0 Å². The molecule has 144 valence electrons.